The van der Waals surface area contributed by atoms with Crippen molar-refractivity contribution in [1.82, 2.24) is 4.98 Å². The highest BCUT2D eigenvalue weighted by molar-refractivity contribution is 6.12. The Bertz CT molecular complexity index is 1470. The van der Waals surface area contributed by atoms with Gasteiger partial charge in [0.05, 0.1) is 5.69 Å². The molecule has 0 N–H and O–H groups in total. The first-order chi connectivity index (χ1) is 15.0. The summed E-state index contributed by atoms with van der Waals surface area (Å²) in [4.78, 5) is 4.81. The van der Waals surface area contributed by atoms with Gasteiger partial charge < -0.3 is 4.42 Å². The normalized spacial score (nSPS) is 14.4. The van der Waals surface area contributed by atoms with Gasteiger partial charge in [-0.25, -0.2) is 0 Å². The van der Waals surface area contributed by atoms with Gasteiger partial charge in [0, 0.05) is 27.9 Å². The maximum atomic E-state index is 6.32. The average Bonchev–Trinajstić information content (AvgIpc) is 3.11. The van der Waals surface area contributed by atoms with E-state index >= 15 is 0 Å². The van der Waals surface area contributed by atoms with E-state index in [1.54, 1.807) is 0 Å². The van der Waals surface area contributed by atoms with E-state index in [0.717, 1.165) is 16.9 Å². The number of aromatic nitrogens is 1. The molecule has 154 valence electrons. The molecule has 0 amide bonds. The molecule has 1 aliphatic rings. The van der Waals surface area contributed by atoms with Crippen molar-refractivity contribution in [3.63, 3.8) is 0 Å². The SMILES string of the molecule is CC(C)(C)c1cccc(-c2nccc3cc4oc5cc6c(cc5c4cc23)CCCC6)c1. The Morgan fingerprint density at radius 3 is 2.32 bits per heavy atom. The highest BCUT2D eigenvalue weighted by Gasteiger charge is 2.18. The molecule has 0 saturated carbocycles. The highest BCUT2D eigenvalue weighted by Crippen LogP contribution is 2.38. The molecule has 0 radical (unpaired) electrons. The van der Waals surface area contributed by atoms with Crippen molar-refractivity contribution in [3.8, 4) is 11.3 Å². The number of nitrogens with zero attached hydrogens (tertiary/aromatic N) is 1. The van der Waals surface area contributed by atoms with E-state index in [-0.39, 0.29) is 5.41 Å². The summed E-state index contributed by atoms with van der Waals surface area (Å²) < 4.78 is 6.32. The zero-order valence-corrected chi connectivity index (χ0v) is 18.5. The van der Waals surface area contributed by atoms with Crippen LogP contribution in [0.25, 0.3) is 44.0 Å². The summed E-state index contributed by atoms with van der Waals surface area (Å²) in [6.07, 6.45) is 6.83. The number of aryl methyl sites for hydroxylation is 2. The lowest BCUT2D eigenvalue weighted by molar-refractivity contribution is 0.590. The predicted molar refractivity (Wildman–Crippen MR) is 130 cm³/mol. The summed E-state index contributed by atoms with van der Waals surface area (Å²) in [5.74, 6) is 0. The Hall–Kier alpha value is -3.13. The van der Waals surface area contributed by atoms with Gasteiger partial charge in [-0.15, -0.1) is 0 Å². The van der Waals surface area contributed by atoms with Crippen LogP contribution in [0, 0.1) is 0 Å². The molecule has 2 heterocycles. The molecule has 0 unspecified atom stereocenters. The molecule has 6 rings (SSSR count). The van der Waals surface area contributed by atoms with Crippen molar-refractivity contribution < 1.29 is 4.42 Å². The molecule has 1 aliphatic carbocycles. The first kappa shape index (κ1) is 18.6. The minimum absolute atomic E-state index is 0.105. The fourth-order valence-corrected chi connectivity index (χ4v) is 5.03. The number of furan rings is 1. The van der Waals surface area contributed by atoms with Crippen molar-refractivity contribution >= 4 is 32.7 Å². The van der Waals surface area contributed by atoms with Gasteiger partial charge in [0.2, 0.25) is 0 Å². The van der Waals surface area contributed by atoms with Crippen LogP contribution in [0.3, 0.4) is 0 Å². The van der Waals surface area contributed by atoms with Gasteiger partial charge in [0.15, 0.2) is 0 Å². The molecule has 0 spiro atoms. The molecular weight excluding hydrogens is 378 g/mol. The monoisotopic (exact) mass is 405 g/mol. The first-order valence-corrected chi connectivity index (χ1v) is 11.3. The maximum absolute atomic E-state index is 6.32. The van der Waals surface area contributed by atoms with Gasteiger partial charge in [-0.1, -0.05) is 39.0 Å². The van der Waals surface area contributed by atoms with E-state index in [2.05, 4.69) is 75.4 Å². The zero-order chi connectivity index (χ0) is 21.2. The van der Waals surface area contributed by atoms with E-state index in [1.807, 2.05) is 6.20 Å². The van der Waals surface area contributed by atoms with Crippen LogP contribution in [0.5, 0.6) is 0 Å². The molecule has 5 aromatic rings. The molecule has 3 aromatic carbocycles. The van der Waals surface area contributed by atoms with Gasteiger partial charge in [-0.3, -0.25) is 4.98 Å². The highest BCUT2D eigenvalue weighted by atomic mass is 16.3. The zero-order valence-electron chi connectivity index (χ0n) is 18.5. The third-order valence-corrected chi connectivity index (χ3v) is 6.82. The minimum atomic E-state index is 0.105. The lowest BCUT2D eigenvalue weighted by Crippen LogP contribution is -2.10. The van der Waals surface area contributed by atoms with E-state index in [1.165, 1.54) is 69.5 Å². The lowest BCUT2D eigenvalue weighted by atomic mass is 9.85. The van der Waals surface area contributed by atoms with Gasteiger partial charge in [-0.05, 0) is 89.6 Å². The van der Waals surface area contributed by atoms with Crippen LogP contribution in [0.15, 0.2) is 65.2 Å². The van der Waals surface area contributed by atoms with E-state index in [0.29, 0.717) is 0 Å². The Morgan fingerprint density at radius 2 is 1.52 bits per heavy atom. The van der Waals surface area contributed by atoms with Crippen LogP contribution in [-0.2, 0) is 18.3 Å². The third-order valence-electron chi connectivity index (χ3n) is 6.82. The molecule has 0 aliphatic heterocycles. The molecule has 0 bridgehead atoms. The summed E-state index contributed by atoms with van der Waals surface area (Å²) in [6.45, 7) is 6.76. The number of benzene rings is 3. The smallest absolute Gasteiger partial charge is 0.136 e. The van der Waals surface area contributed by atoms with Crippen molar-refractivity contribution in [2.24, 2.45) is 0 Å². The summed E-state index contributed by atoms with van der Waals surface area (Å²) in [6, 6.07) is 20.0. The number of hydrogen-bond donors (Lipinski definition) is 0. The van der Waals surface area contributed by atoms with Crippen molar-refractivity contribution in [3.05, 3.63) is 77.5 Å². The first-order valence-electron chi connectivity index (χ1n) is 11.3. The molecular formula is C29H27NO. The average molecular weight is 406 g/mol. The fraction of sp³-hybridized carbons (Fsp3) is 0.276. The number of hydrogen-bond acceptors (Lipinski definition) is 2. The van der Waals surface area contributed by atoms with Crippen molar-refractivity contribution in [1.29, 1.82) is 0 Å². The second kappa shape index (κ2) is 6.68. The quantitative estimate of drug-likeness (QED) is 0.282. The van der Waals surface area contributed by atoms with Crippen molar-refractivity contribution in [2.45, 2.75) is 51.9 Å². The summed E-state index contributed by atoms with van der Waals surface area (Å²) in [5, 5.41) is 4.77. The van der Waals surface area contributed by atoms with Gasteiger partial charge in [0.25, 0.3) is 0 Å². The largest absolute Gasteiger partial charge is 0.456 e. The van der Waals surface area contributed by atoms with E-state index in [9.17, 15) is 0 Å². The summed E-state index contributed by atoms with van der Waals surface area (Å²) >= 11 is 0. The van der Waals surface area contributed by atoms with E-state index < -0.39 is 0 Å². The second-order valence-corrected chi connectivity index (χ2v) is 9.99. The van der Waals surface area contributed by atoms with Crippen molar-refractivity contribution in [2.75, 3.05) is 0 Å². The Kier molecular flexibility index (Phi) is 4.02. The Labute approximate surface area is 182 Å². The van der Waals surface area contributed by atoms with Crippen LogP contribution >= 0.6 is 0 Å². The fourth-order valence-electron chi connectivity index (χ4n) is 5.03. The Balaban J connectivity index is 1.61. The second-order valence-electron chi connectivity index (χ2n) is 9.99. The Morgan fingerprint density at radius 1 is 0.774 bits per heavy atom. The van der Waals surface area contributed by atoms with Crippen LogP contribution in [0.1, 0.15) is 50.3 Å². The van der Waals surface area contributed by atoms with Gasteiger partial charge >= 0.3 is 0 Å². The van der Waals surface area contributed by atoms with Crippen LogP contribution in [0.2, 0.25) is 0 Å². The van der Waals surface area contributed by atoms with Crippen LogP contribution in [0.4, 0.5) is 0 Å². The predicted octanol–water partition coefficient (Wildman–Crippen LogP) is 7.98. The molecule has 0 atom stereocenters. The minimum Gasteiger partial charge on any atom is -0.456 e. The molecule has 2 aromatic heterocycles. The third kappa shape index (κ3) is 3.05. The molecule has 0 saturated heterocycles. The topological polar surface area (TPSA) is 26.0 Å². The number of rotatable bonds is 1. The number of pyridine rings is 1. The number of fused-ring (bicyclic) bond motifs is 5. The standard InChI is InChI=1S/C29H27NO/c1-29(2,3)22-10-6-9-21(13-22)28-23-17-25-24-14-18-7-4-5-8-19(18)15-26(24)31-27(25)16-20(23)11-12-30-28/h6,9-17H,4-5,7-8H2,1-3H3. The molecule has 2 heteroatoms. The molecule has 2 nitrogen and oxygen atoms in total. The summed E-state index contributed by atoms with van der Waals surface area (Å²) in [5.41, 5.74) is 8.56. The maximum Gasteiger partial charge on any atom is 0.136 e. The van der Waals surface area contributed by atoms with Gasteiger partial charge in [-0.2, -0.15) is 0 Å². The van der Waals surface area contributed by atoms with E-state index in [4.69, 9.17) is 9.40 Å². The summed E-state index contributed by atoms with van der Waals surface area (Å²) in [7, 11) is 0. The van der Waals surface area contributed by atoms with Crippen LogP contribution in [-0.4, -0.2) is 4.98 Å². The van der Waals surface area contributed by atoms with Crippen LogP contribution < -0.4 is 0 Å². The molecule has 0 fully saturated rings. The van der Waals surface area contributed by atoms with Gasteiger partial charge in [0.1, 0.15) is 11.2 Å². The molecule has 31 heavy (non-hydrogen) atoms. The lowest BCUT2D eigenvalue weighted by Gasteiger charge is -2.20.